The highest BCUT2D eigenvalue weighted by Gasteiger charge is 2.15. The summed E-state index contributed by atoms with van der Waals surface area (Å²) in [6.45, 7) is 3.49. The fraction of sp³-hybridized carbons (Fsp3) is 0.235. The van der Waals surface area contributed by atoms with Crippen LogP contribution in [0.25, 0.3) is 0 Å². The van der Waals surface area contributed by atoms with E-state index in [1.807, 2.05) is 19.1 Å². The molecule has 0 saturated carbocycles. The van der Waals surface area contributed by atoms with Crippen LogP contribution < -0.4 is 9.46 Å². The Hall–Kier alpha value is -2.18. The number of methoxy groups -OCH3 is 1. The molecule has 1 N–H and O–H groups in total. The third-order valence-electron chi connectivity index (χ3n) is 3.46. The van der Waals surface area contributed by atoms with E-state index in [1.165, 1.54) is 31.2 Å². The number of nitrogens with one attached hydrogen (secondary N) is 1. The van der Waals surface area contributed by atoms with Crippen molar-refractivity contribution in [2.24, 2.45) is 0 Å². The van der Waals surface area contributed by atoms with Crippen LogP contribution in [-0.2, 0) is 16.6 Å². The lowest BCUT2D eigenvalue weighted by Gasteiger charge is -2.11. The fourth-order valence-corrected chi connectivity index (χ4v) is 3.18. The Balaban J connectivity index is 2.19. The first-order valence-corrected chi connectivity index (χ1v) is 8.56. The summed E-state index contributed by atoms with van der Waals surface area (Å²) in [4.78, 5) is 11.4. The molecule has 2 rings (SSSR count). The zero-order valence-corrected chi connectivity index (χ0v) is 14.1. The topological polar surface area (TPSA) is 72.5 Å². The standard InChI is InChI=1S/C17H19NO4S/c1-12-4-9-17(22-3)15(10-12)11-18-23(20,21)16-7-5-14(6-8-16)13(2)19/h4-10,18H,11H2,1-3H3. The van der Waals surface area contributed by atoms with Gasteiger partial charge >= 0.3 is 0 Å². The summed E-state index contributed by atoms with van der Waals surface area (Å²) in [6.07, 6.45) is 0. The molecule has 0 atom stereocenters. The highest BCUT2D eigenvalue weighted by Crippen LogP contribution is 2.20. The molecule has 0 aliphatic rings. The molecule has 5 nitrogen and oxygen atoms in total. The number of ketones is 1. The van der Waals surface area contributed by atoms with Gasteiger partial charge in [0, 0.05) is 17.7 Å². The third-order valence-corrected chi connectivity index (χ3v) is 4.88. The molecule has 0 saturated heterocycles. The molecule has 0 unspecified atom stereocenters. The van der Waals surface area contributed by atoms with E-state index in [0.717, 1.165) is 11.1 Å². The molecule has 0 bridgehead atoms. The quantitative estimate of drug-likeness (QED) is 0.825. The van der Waals surface area contributed by atoms with E-state index in [4.69, 9.17) is 4.74 Å². The first kappa shape index (κ1) is 17.2. The Morgan fingerprint density at radius 2 is 1.78 bits per heavy atom. The van der Waals surface area contributed by atoms with Crippen molar-refractivity contribution in [3.05, 3.63) is 59.2 Å². The van der Waals surface area contributed by atoms with Crippen LogP contribution in [0, 0.1) is 6.92 Å². The Kier molecular flexibility index (Phi) is 5.18. The van der Waals surface area contributed by atoms with Crippen molar-refractivity contribution in [3.8, 4) is 5.75 Å². The number of ether oxygens (including phenoxy) is 1. The van der Waals surface area contributed by atoms with Gasteiger partial charge in [0.2, 0.25) is 10.0 Å². The van der Waals surface area contributed by atoms with Gasteiger partial charge in [0.1, 0.15) is 5.75 Å². The molecule has 0 heterocycles. The molecule has 0 spiro atoms. The van der Waals surface area contributed by atoms with Gasteiger partial charge < -0.3 is 4.74 Å². The maximum atomic E-state index is 12.3. The van der Waals surface area contributed by atoms with Crippen LogP contribution >= 0.6 is 0 Å². The Labute approximate surface area is 136 Å². The number of hydrogen-bond donors (Lipinski definition) is 1. The van der Waals surface area contributed by atoms with Crippen molar-refractivity contribution in [2.75, 3.05) is 7.11 Å². The molecule has 23 heavy (non-hydrogen) atoms. The highest BCUT2D eigenvalue weighted by atomic mass is 32.2. The van der Waals surface area contributed by atoms with Gasteiger partial charge in [-0.1, -0.05) is 29.8 Å². The van der Waals surface area contributed by atoms with E-state index in [9.17, 15) is 13.2 Å². The molecule has 0 fully saturated rings. The Bertz CT molecular complexity index is 811. The minimum absolute atomic E-state index is 0.105. The molecule has 0 aliphatic carbocycles. The number of rotatable bonds is 6. The van der Waals surface area contributed by atoms with Crippen molar-refractivity contribution in [3.63, 3.8) is 0 Å². The maximum Gasteiger partial charge on any atom is 0.240 e. The van der Waals surface area contributed by atoms with Crippen LogP contribution in [0.2, 0.25) is 0 Å². The van der Waals surface area contributed by atoms with Gasteiger partial charge in [-0.25, -0.2) is 13.1 Å². The monoisotopic (exact) mass is 333 g/mol. The number of hydrogen-bond acceptors (Lipinski definition) is 4. The fourth-order valence-electron chi connectivity index (χ4n) is 2.17. The van der Waals surface area contributed by atoms with Gasteiger partial charge in [-0.05, 0) is 32.0 Å². The molecule has 2 aromatic carbocycles. The van der Waals surface area contributed by atoms with Crippen molar-refractivity contribution in [1.82, 2.24) is 4.72 Å². The van der Waals surface area contributed by atoms with E-state index in [0.29, 0.717) is 11.3 Å². The van der Waals surface area contributed by atoms with Crippen molar-refractivity contribution >= 4 is 15.8 Å². The summed E-state index contributed by atoms with van der Waals surface area (Å²) in [5, 5.41) is 0. The van der Waals surface area contributed by atoms with Crippen LogP contribution in [0.3, 0.4) is 0 Å². The van der Waals surface area contributed by atoms with Crippen LogP contribution in [-0.4, -0.2) is 21.3 Å². The van der Waals surface area contributed by atoms with Crippen molar-refractivity contribution in [2.45, 2.75) is 25.3 Å². The number of benzene rings is 2. The number of aryl methyl sites for hydroxylation is 1. The van der Waals surface area contributed by atoms with Gasteiger partial charge in [-0.3, -0.25) is 4.79 Å². The summed E-state index contributed by atoms with van der Waals surface area (Å²) in [5.74, 6) is 0.525. The lowest BCUT2D eigenvalue weighted by atomic mass is 10.1. The molecule has 122 valence electrons. The SMILES string of the molecule is COc1ccc(C)cc1CNS(=O)(=O)c1ccc(C(C)=O)cc1. The van der Waals surface area contributed by atoms with Crippen LogP contribution in [0.1, 0.15) is 28.4 Å². The average molecular weight is 333 g/mol. The summed E-state index contributed by atoms with van der Waals surface area (Å²) >= 11 is 0. The van der Waals surface area contributed by atoms with Gasteiger partial charge in [0.25, 0.3) is 0 Å². The van der Waals surface area contributed by atoms with E-state index >= 15 is 0 Å². The van der Waals surface area contributed by atoms with Crippen molar-refractivity contribution in [1.29, 1.82) is 0 Å². The van der Waals surface area contributed by atoms with E-state index < -0.39 is 10.0 Å². The van der Waals surface area contributed by atoms with Crippen LogP contribution in [0.15, 0.2) is 47.4 Å². The first-order valence-electron chi connectivity index (χ1n) is 7.07. The van der Waals surface area contributed by atoms with Crippen LogP contribution in [0.5, 0.6) is 5.75 Å². The molecular formula is C17H19NO4S. The Morgan fingerprint density at radius 1 is 1.13 bits per heavy atom. The second kappa shape index (κ2) is 6.93. The van der Waals surface area contributed by atoms with Crippen molar-refractivity contribution < 1.29 is 17.9 Å². The van der Waals surface area contributed by atoms with Gasteiger partial charge in [-0.15, -0.1) is 0 Å². The summed E-state index contributed by atoms with van der Waals surface area (Å²) in [7, 11) is -2.11. The van der Waals surface area contributed by atoms with E-state index in [2.05, 4.69) is 4.72 Å². The lowest BCUT2D eigenvalue weighted by molar-refractivity contribution is 0.101. The molecule has 0 aromatic heterocycles. The number of carbonyl (C=O) groups excluding carboxylic acids is 1. The molecule has 6 heteroatoms. The summed E-state index contributed by atoms with van der Waals surface area (Å²) in [5.41, 5.74) is 2.26. The number of carbonyl (C=O) groups is 1. The van der Waals surface area contributed by atoms with Gasteiger partial charge in [0.05, 0.1) is 12.0 Å². The second-order valence-electron chi connectivity index (χ2n) is 5.22. The third kappa shape index (κ3) is 4.18. The molecule has 0 amide bonds. The number of sulfonamides is 1. The van der Waals surface area contributed by atoms with Gasteiger partial charge in [0.15, 0.2) is 5.78 Å². The van der Waals surface area contributed by atoms with Gasteiger partial charge in [-0.2, -0.15) is 0 Å². The van der Waals surface area contributed by atoms with E-state index in [1.54, 1.807) is 13.2 Å². The Morgan fingerprint density at radius 3 is 2.35 bits per heavy atom. The molecular weight excluding hydrogens is 314 g/mol. The zero-order valence-electron chi connectivity index (χ0n) is 13.3. The molecule has 2 aromatic rings. The minimum atomic E-state index is -3.66. The maximum absolute atomic E-state index is 12.3. The molecule has 0 aliphatic heterocycles. The van der Waals surface area contributed by atoms with Crippen LogP contribution in [0.4, 0.5) is 0 Å². The smallest absolute Gasteiger partial charge is 0.240 e. The first-order chi connectivity index (χ1) is 10.8. The average Bonchev–Trinajstić information content (AvgIpc) is 2.53. The summed E-state index contributed by atoms with van der Waals surface area (Å²) in [6, 6.07) is 11.4. The molecule has 0 radical (unpaired) electrons. The predicted molar refractivity (Wildman–Crippen MR) is 88.2 cm³/mol. The number of Topliss-reactive ketones (excluding diaryl/α,β-unsaturated/α-hetero) is 1. The zero-order chi connectivity index (χ0) is 17.0. The lowest BCUT2D eigenvalue weighted by Crippen LogP contribution is -2.23. The summed E-state index contributed by atoms with van der Waals surface area (Å²) < 4.78 is 32.5. The normalized spacial score (nSPS) is 11.3. The van der Waals surface area contributed by atoms with E-state index in [-0.39, 0.29) is 17.2 Å². The highest BCUT2D eigenvalue weighted by molar-refractivity contribution is 7.89. The minimum Gasteiger partial charge on any atom is -0.496 e. The largest absolute Gasteiger partial charge is 0.496 e. The predicted octanol–water partition coefficient (Wildman–Crippen LogP) is 2.68. The second-order valence-corrected chi connectivity index (χ2v) is 6.99.